The second-order valence-electron chi connectivity index (χ2n) is 2.67. The van der Waals surface area contributed by atoms with Gasteiger partial charge in [0.25, 0.3) is 0 Å². The Labute approximate surface area is 64.9 Å². The predicted octanol–water partition coefficient (Wildman–Crippen LogP) is 2.30. The molecule has 0 aromatic rings. The van der Waals surface area contributed by atoms with Gasteiger partial charge >= 0.3 is 0 Å². The van der Waals surface area contributed by atoms with E-state index in [4.69, 9.17) is 11.6 Å². The van der Waals surface area contributed by atoms with Crippen molar-refractivity contribution in [3.63, 3.8) is 0 Å². The Morgan fingerprint density at radius 3 is 2.50 bits per heavy atom. The molecule has 0 unspecified atom stereocenters. The van der Waals surface area contributed by atoms with Gasteiger partial charge in [0.1, 0.15) is 6.29 Å². The summed E-state index contributed by atoms with van der Waals surface area (Å²) in [5, 5.41) is 0.255. The maximum atomic E-state index is 12.1. The zero-order chi connectivity index (χ0) is 8.20. The molecule has 58 valence electrons. The van der Waals surface area contributed by atoms with Gasteiger partial charge in [-0.3, -0.25) is 9.18 Å². The summed E-state index contributed by atoms with van der Waals surface area (Å²) in [4.78, 5) is 9.89. The molecule has 0 aromatic carbocycles. The summed E-state index contributed by atoms with van der Waals surface area (Å²) < 4.78 is 12.1. The van der Waals surface area contributed by atoms with E-state index in [0.29, 0.717) is 6.29 Å². The summed E-state index contributed by atoms with van der Waals surface area (Å²) in [6.07, 6.45) is 1.72. The summed E-state index contributed by atoms with van der Waals surface area (Å²) in [5.74, 6) is 0. The van der Waals surface area contributed by atoms with Crippen molar-refractivity contribution in [2.24, 2.45) is 5.41 Å². The molecule has 0 spiro atoms. The molecule has 0 saturated heterocycles. The zero-order valence-electron chi connectivity index (χ0n) is 6.03. The lowest BCUT2D eigenvalue weighted by atomic mass is 9.95. The summed E-state index contributed by atoms with van der Waals surface area (Å²) in [5.41, 5.74) is -0.720. The van der Waals surface area contributed by atoms with Gasteiger partial charge in [-0.25, -0.2) is 0 Å². The molecule has 0 amide bonds. The minimum Gasteiger partial charge on any atom is -0.299 e. The van der Waals surface area contributed by atoms with E-state index in [9.17, 15) is 9.18 Å². The summed E-state index contributed by atoms with van der Waals surface area (Å²) in [7, 11) is 0. The van der Waals surface area contributed by atoms with Gasteiger partial charge in [-0.15, -0.1) is 0 Å². The molecule has 0 fully saturated rings. The summed E-state index contributed by atoms with van der Waals surface area (Å²) in [6, 6.07) is 0. The van der Waals surface area contributed by atoms with Gasteiger partial charge in [-0.05, 0) is 6.08 Å². The highest BCUT2D eigenvalue weighted by molar-refractivity contribution is 6.31. The molecule has 0 atom stereocenters. The number of allylic oxidation sites excluding steroid dienone is 2. The van der Waals surface area contributed by atoms with Crippen molar-refractivity contribution in [3.8, 4) is 0 Å². The van der Waals surface area contributed by atoms with Crippen LogP contribution >= 0.6 is 11.6 Å². The average molecular weight is 165 g/mol. The second kappa shape index (κ2) is 3.71. The van der Waals surface area contributed by atoms with Crippen LogP contribution in [0.2, 0.25) is 0 Å². The summed E-state index contributed by atoms with van der Waals surface area (Å²) >= 11 is 5.56. The molecule has 0 rings (SSSR count). The molecule has 0 saturated carbocycles. The number of alkyl halides is 1. The van der Waals surface area contributed by atoms with E-state index in [1.165, 1.54) is 6.08 Å². The van der Waals surface area contributed by atoms with E-state index in [1.807, 2.05) is 0 Å². The maximum absolute atomic E-state index is 12.1. The Morgan fingerprint density at radius 1 is 1.70 bits per heavy atom. The highest BCUT2D eigenvalue weighted by Crippen LogP contribution is 2.28. The van der Waals surface area contributed by atoms with Crippen molar-refractivity contribution < 1.29 is 9.18 Å². The largest absolute Gasteiger partial charge is 0.299 e. The third-order valence-electron chi connectivity index (χ3n) is 1.19. The molecule has 0 aliphatic rings. The van der Waals surface area contributed by atoms with Crippen LogP contribution < -0.4 is 0 Å². The molecule has 1 nitrogen and oxygen atoms in total. The lowest BCUT2D eigenvalue weighted by Crippen LogP contribution is -2.13. The molecule has 0 aliphatic carbocycles. The fourth-order valence-electron chi connectivity index (χ4n) is 0.349. The molecular weight excluding hydrogens is 155 g/mol. The Kier molecular flexibility index (Phi) is 3.58. The number of rotatable bonds is 3. The first-order valence-corrected chi connectivity index (χ1v) is 3.30. The van der Waals surface area contributed by atoms with Crippen LogP contribution in [0.25, 0.3) is 0 Å². The Balaban J connectivity index is 4.31. The van der Waals surface area contributed by atoms with Crippen LogP contribution in [-0.2, 0) is 4.79 Å². The zero-order valence-corrected chi connectivity index (χ0v) is 6.78. The lowest BCUT2D eigenvalue weighted by Gasteiger charge is -2.18. The predicted molar refractivity (Wildman–Crippen MR) is 39.8 cm³/mol. The fourth-order valence-corrected chi connectivity index (χ4v) is 0.451. The number of carbonyl (C=O) groups excluding carboxylic acids is 1. The molecule has 0 aliphatic heterocycles. The first-order chi connectivity index (χ1) is 4.54. The van der Waals surface area contributed by atoms with E-state index < -0.39 is 12.1 Å². The quantitative estimate of drug-likeness (QED) is 0.462. The number of hydrogen-bond donors (Lipinski definition) is 0. The van der Waals surface area contributed by atoms with Gasteiger partial charge in [0, 0.05) is 10.4 Å². The normalized spacial score (nSPS) is 13.4. The number of hydrogen-bond acceptors (Lipinski definition) is 1. The Hall–Kier alpha value is -0.370. The minimum absolute atomic E-state index is 0.255. The number of halogens is 2. The average Bonchev–Trinajstić information content (AvgIpc) is 1.89. The van der Waals surface area contributed by atoms with E-state index in [0.717, 1.165) is 0 Å². The molecule has 0 heterocycles. The highest BCUT2D eigenvalue weighted by atomic mass is 35.5. The molecule has 3 heteroatoms. The number of carbonyl (C=O) groups is 1. The van der Waals surface area contributed by atoms with Gasteiger partial charge < -0.3 is 0 Å². The topological polar surface area (TPSA) is 17.1 Å². The van der Waals surface area contributed by atoms with Gasteiger partial charge in [0.15, 0.2) is 0 Å². The standard InChI is InChI=1S/C7H10ClFO/c1-7(2,5-9)6(8)3-4-10/h3-4H,5H2,1-2H3/b6-3-. The van der Waals surface area contributed by atoms with E-state index >= 15 is 0 Å². The van der Waals surface area contributed by atoms with E-state index in [2.05, 4.69) is 0 Å². The first-order valence-electron chi connectivity index (χ1n) is 2.92. The van der Waals surface area contributed by atoms with Crippen molar-refractivity contribution in [1.82, 2.24) is 0 Å². The van der Waals surface area contributed by atoms with Gasteiger partial charge in [-0.2, -0.15) is 0 Å². The van der Waals surface area contributed by atoms with E-state index in [1.54, 1.807) is 13.8 Å². The Morgan fingerprint density at radius 2 is 2.20 bits per heavy atom. The van der Waals surface area contributed by atoms with Gasteiger partial charge in [0.05, 0.1) is 6.67 Å². The molecule has 0 aromatic heterocycles. The Bertz CT molecular complexity index is 152. The van der Waals surface area contributed by atoms with Crippen LogP contribution in [0.1, 0.15) is 13.8 Å². The minimum atomic E-state index is -0.720. The van der Waals surface area contributed by atoms with Crippen LogP contribution in [-0.4, -0.2) is 13.0 Å². The highest BCUT2D eigenvalue weighted by Gasteiger charge is 2.21. The third kappa shape index (κ3) is 2.48. The van der Waals surface area contributed by atoms with Crippen LogP contribution in [0, 0.1) is 5.41 Å². The monoisotopic (exact) mass is 164 g/mol. The van der Waals surface area contributed by atoms with Crippen LogP contribution in [0.15, 0.2) is 11.1 Å². The van der Waals surface area contributed by atoms with Gasteiger partial charge in [0.2, 0.25) is 0 Å². The van der Waals surface area contributed by atoms with Crippen molar-refractivity contribution in [2.75, 3.05) is 6.67 Å². The SMILES string of the molecule is CC(C)(CF)/C(Cl)=C/C=O. The smallest absolute Gasteiger partial charge is 0.144 e. The van der Waals surface area contributed by atoms with Crippen LogP contribution in [0.4, 0.5) is 4.39 Å². The van der Waals surface area contributed by atoms with Gasteiger partial charge in [-0.1, -0.05) is 25.4 Å². The molecule has 10 heavy (non-hydrogen) atoms. The van der Waals surface area contributed by atoms with Crippen molar-refractivity contribution >= 4 is 17.9 Å². The van der Waals surface area contributed by atoms with E-state index in [-0.39, 0.29) is 5.03 Å². The molecule has 0 bridgehead atoms. The maximum Gasteiger partial charge on any atom is 0.144 e. The molecule has 0 radical (unpaired) electrons. The van der Waals surface area contributed by atoms with Crippen LogP contribution in [0.3, 0.4) is 0 Å². The third-order valence-corrected chi connectivity index (χ3v) is 1.83. The number of aldehydes is 1. The first kappa shape index (κ1) is 9.63. The van der Waals surface area contributed by atoms with Crippen molar-refractivity contribution in [1.29, 1.82) is 0 Å². The second-order valence-corrected chi connectivity index (χ2v) is 3.08. The molecule has 0 N–H and O–H groups in total. The fraction of sp³-hybridized carbons (Fsp3) is 0.571. The molecular formula is C7H10ClFO. The van der Waals surface area contributed by atoms with Crippen LogP contribution in [0.5, 0.6) is 0 Å². The van der Waals surface area contributed by atoms with Crippen molar-refractivity contribution in [3.05, 3.63) is 11.1 Å². The lowest BCUT2D eigenvalue weighted by molar-refractivity contribution is -0.104. The summed E-state index contributed by atoms with van der Waals surface area (Å²) in [6.45, 7) is 2.71. The van der Waals surface area contributed by atoms with Crippen molar-refractivity contribution in [2.45, 2.75) is 13.8 Å².